The summed E-state index contributed by atoms with van der Waals surface area (Å²) >= 11 is 0. The van der Waals surface area contributed by atoms with Crippen LogP contribution in [0.5, 0.6) is 0 Å². The molecule has 0 aliphatic heterocycles. The standard InChI is InChI=1S/C15H14N4O3/c1-10(14(20)16-8-11-6-7-22-18-11)19-9-17-13-5-3-2-4-12(13)15(19)21/h2-7,9-10H,8H2,1H3,(H,16,20)/t10-/m1/s1. The van der Waals surface area contributed by atoms with E-state index in [0.29, 0.717) is 16.6 Å². The first kappa shape index (κ1) is 14.0. The zero-order valence-corrected chi connectivity index (χ0v) is 11.9. The van der Waals surface area contributed by atoms with E-state index in [0.717, 1.165) is 0 Å². The van der Waals surface area contributed by atoms with E-state index in [1.165, 1.54) is 17.2 Å². The van der Waals surface area contributed by atoms with E-state index in [2.05, 4.69) is 15.5 Å². The molecule has 7 nitrogen and oxygen atoms in total. The predicted molar refractivity (Wildman–Crippen MR) is 79.1 cm³/mol. The molecule has 1 N–H and O–H groups in total. The number of hydrogen-bond donors (Lipinski definition) is 1. The predicted octanol–water partition coefficient (Wildman–Crippen LogP) is 1.26. The Labute approximate surface area is 125 Å². The smallest absolute Gasteiger partial charge is 0.261 e. The van der Waals surface area contributed by atoms with E-state index in [-0.39, 0.29) is 18.0 Å². The van der Waals surface area contributed by atoms with Gasteiger partial charge in [0, 0.05) is 6.07 Å². The third-order valence-electron chi connectivity index (χ3n) is 3.42. The molecule has 1 atom stereocenters. The number of amides is 1. The van der Waals surface area contributed by atoms with Gasteiger partial charge in [0.1, 0.15) is 18.0 Å². The van der Waals surface area contributed by atoms with Gasteiger partial charge in [-0.1, -0.05) is 17.3 Å². The summed E-state index contributed by atoms with van der Waals surface area (Å²) in [7, 11) is 0. The minimum Gasteiger partial charge on any atom is -0.364 e. The maximum absolute atomic E-state index is 12.4. The second kappa shape index (κ2) is 5.80. The van der Waals surface area contributed by atoms with Crippen molar-refractivity contribution in [1.29, 1.82) is 0 Å². The number of carbonyl (C=O) groups is 1. The molecule has 1 amide bonds. The highest BCUT2D eigenvalue weighted by Crippen LogP contribution is 2.08. The lowest BCUT2D eigenvalue weighted by Gasteiger charge is -2.14. The summed E-state index contributed by atoms with van der Waals surface area (Å²) in [5.74, 6) is -0.290. The lowest BCUT2D eigenvalue weighted by atomic mass is 10.2. The molecule has 0 unspecified atom stereocenters. The summed E-state index contributed by atoms with van der Waals surface area (Å²) in [6.07, 6.45) is 2.83. The highest BCUT2D eigenvalue weighted by molar-refractivity contribution is 5.81. The molecule has 0 aliphatic carbocycles. The van der Waals surface area contributed by atoms with Crippen LogP contribution in [0.15, 0.2) is 52.2 Å². The lowest BCUT2D eigenvalue weighted by Crippen LogP contribution is -2.35. The van der Waals surface area contributed by atoms with Gasteiger partial charge in [-0.25, -0.2) is 4.98 Å². The molecule has 0 bridgehead atoms. The van der Waals surface area contributed by atoms with Crippen LogP contribution in [0, 0.1) is 0 Å². The number of carbonyl (C=O) groups excluding carboxylic acids is 1. The van der Waals surface area contributed by atoms with E-state index in [9.17, 15) is 9.59 Å². The van der Waals surface area contributed by atoms with Crippen molar-refractivity contribution in [2.45, 2.75) is 19.5 Å². The Morgan fingerprint density at radius 2 is 2.18 bits per heavy atom. The zero-order valence-electron chi connectivity index (χ0n) is 11.9. The average Bonchev–Trinajstić information content (AvgIpc) is 3.06. The quantitative estimate of drug-likeness (QED) is 0.783. The van der Waals surface area contributed by atoms with Crippen LogP contribution in [-0.4, -0.2) is 20.6 Å². The Balaban J connectivity index is 1.82. The van der Waals surface area contributed by atoms with E-state index >= 15 is 0 Å². The Hall–Kier alpha value is -2.96. The van der Waals surface area contributed by atoms with Crippen molar-refractivity contribution in [1.82, 2.24) is 20.0 Å². The van der Waals surface area contributed by atoms with E-state index in [1.807, 2.05) is 6.07 Å². The summed E-state index contributed by atoms with van der Waals surface area (Å²) in [5, 5.41) is 6.90. The van der Waals surface area contributed by atoms with Crippen LogP contribution in [0.4, 0.5) is 0 Å². The maximum atomic E-state index is 12.4. The van der Waals surface area contributed by atoms with E-state index < -0.39 is 6.04 Å². The van der Waals surface area contributed by atoms with Gasteiger partial charge in [0.25, 0.3) is 5.56 Å². The van der Waals surface area contributed by atoms with Crippen LogP contribution in [0.3, 0.4) is 0 Å². The van der Waals surface area contributed by atoms with Crippen molar-refractivity contribution >= 4 is 16.8 Å². The Morgan fingerprint density at radius 3 is 2.95 bits per heavy atom. The first-order valence-electron chi connectivity index (χ1n) is 6.79. The summed E-state index contributed by atoms with van der Waals surface area (Å²) in [4.78, 5) is 28.8. The van der Waals surface area contributed by atoms with Crippen LogP contribution >= 0.6 is 0 Å². The van der Waals surface area contributed by atoms with Crippen LogP contribution in [0.25, 0.3) is 10.9 Å². The van der Waals surface area contributed by atoms with Crippen LogP contribution in [0.2, 0.25) is 0 Å². The molecule has 0 radical (unpaired) electrons. The molecule has 1 aromatic carbocycles. The Bertz CT molecular complexity index is 855. The van der Waals surface area contributed by atoms with Gasteiger partial charge in [-0.2, -0.15) is 0 Å². The van der Waals surface area contributed by atoms with Crippen LogP contribution in [-0.2, 0) is 11.3 Å². The van der Waals surface area contributed by atoms with Crippen LogP contribution < -0.4 is 10.9 Å². The molecule has 0 spiro atoms. The fraction of sp³-hybridized carbons (Fsp3) is 0.200. The maximum Gasteiger partial charge on any atom is 0.261 e. The lowest BCUT2D eigenvalue weighted by molar-refractivity contribution is -0.124. The van der Waals surface area contributed by atoms with E-state index in [1.54, 1.807) is 31.2 Å². The van der Waals surface area contributed by atoms with Gasteiger partial charge >= 0.3 is 0 Å². The minimum absolute atomic E-state index is 0.241. The molecule has 0 fully saturated rings. The number of benzene rings is 1. The number of hydrogen-bond acceptors (Lipinski definition) is 5. The van der Waals surface area contributed by atoms with Gasteiger partial charge < -0.3 is 9.84 Å². The van der Waals surface area contributed by atoms with Crippen molar-refractivity contribution < 1.29 is 9.32 Å². The SMILES string of the molecule is C[C@H](C(=O)NCc1ccon1)n1cnc2ccccc2c1=O. The molecule has 112 valence electrons. The molecule has 7 heteroatoms. The van der Waals surface area contributed by atoms with Gasteiger partial charge in [-0.3, -0.25) is 14.2 Å². The average molecular weight is 298 g/mol. The number of aromatic nitrogens is 3. The van der Waals surface area contributed by atoms with E-state index in [4.69, 9.17) is 4.52 Å². The summed E-state index contributed by atoms with van der Waals surface area (Å²) < 4.78 is 6.01. The summed E-state index contributed by atoms with van der Waals surface area (Å²) in [6.45, 7) is 1.89. The van der Waals surface area contributed by atoms with Crippen molar-refractivity contribution in [3.63, 3.8) is 0 Å². The fourth-order valence-corrected chi connectivity index (χ4v) is 2.14. The molecule has 2 aromatic heterocycles. The Morgan fingerprint density at radius 1 is 1.36 bits per heavy atom. The second-order valence-electron chi connectivity index (χ2n) is 4.86. The van der Waals surface area contributed by atoms with Gasteiger partial charge in [0.05, 0.1) is 23.8 Å². The molecule has 22 heavy (non-hydrogen) atoms. The Kier molecular flexibility index (Phi) is 3.69. The fourth-order valence-electron chi connectivity index (χ4n) is 2.14. The number of nitrogens with zero attached hydrogens (tertiary/aromatic N) is 3. The third-order valence-corrected chi connectivity index (χ3v) is 3.42. The normalized spacial score (nSPS) is 12.2. The third kappa shape index (κ3) is 2.60. The number of fused-ring (bicyclic) bond motifs is 1. The van der Waals surface area contributed by atoms with Gasteiger partial charge in [0.15, 0.2) is 0 Å². The highest BCUT2D eigenvalue weighted by Gasteiger charge is 2.17. The first-order chi connectivity index (χ1) is 10.7. The highest BCUT2D eigenvalue weighted by atomic mass is 16.5. The first-order valence-corrected chi connectivity index (χ1v) is 6.79. The van der Waals surface area contributed by atoms with Crippen molar-refractivity contribution in [2.24, 2.45) is 0 Å². The molecule has 0 saturated carbocycles. The second-order valence-corrected chi connectivity index (χ2v) is 4.86. The molecule has 3 rings (SSSR count). The van der Waals surface area contributed by atoms with Crippen molar-refractivity contribution in [2.75, 3.05) is 0 Å². The summed E-state index contributed by atoms with van der Waals surface area (Å²) in [5.41, 5.74) is 0.984. The molecular weight excluding hydrogens is 284 g/mol. The number of para-hydroxylation sites is 1. The number of rotatable bonds is 4. The number of nitrogens with one attached hydrogen (secondary N) is 1. The summed E-state index contributed by atoms with van der Waals surface area (Å²) in [6, 6.07) is 8.03. The zero-order chi connectivity index (χ0) is 15.5. The van der Waals surface area contributed by atoms with Gasteiger partial charge in [-0.05, 0) is 19.1 Å². The van der Waals surface area contributed by atoms with Crippen molar-refractivity contribution in [3.8, 4) is 0 Å². The minimum atomic E-state index is -0.670. The molecule has 3 aromatic rings. The molecule has 0 saturated heterocycles. The van der Waals surface area contributed by atoms with Crippen LogP contribution in [0.1, 0.15) is 18.7 Å². The monoisotopic (exact) mass is 298 g/mol. The van der Waals surface area contributed by atoms with Gasteiger partial charge in [-0.15, -0.1) is 0 Å². The molecule has 2 heterocycles. The molecular formula is C15H14N4O3. The van der Waals surface area contributed by atoms with Gasteiger partial charge in [0.2, 0.25) is 5.91 Å². The van der Waals surface area contributed by atoms with Crippen molar-refractivity contribution in [3.05, 3.63) is 59.0 Å². The largest absolute Gasteiger partial charge is 0.364 e. The topological polar surface area (TPSA) is 90.0 Å². The molecule has 0 aliphatic rings.